The lowest BCUT2D eigenvalue weighted by atomic mass is 9.99. The van der Waals surface area contributed by atoms with Gasteiger partial charge in [0.1, 0.15) is 0 Å². The second-order valence-electron chi connectivity index (χ2n) is 8.36. The van der Waals surface area contributed by atoms with Crippen molar-refractivity contribution in [2.45, 2.75) is 12.8 Å². The number of piperazine rings is 1. The maximum Gasteiger partial charge on any atom is 0.254 e. The average molecular weight is 439 g/mol. The minimum absolute atomic E-state index is 0.0122. The van der Waals surface area contributed by atoms with Crippen molar-refractivity contribution in [1.29, 1.82) is 0 Å². The summed E-state index contributed by atoms with van der Waals surface area (Å²) in [6, 6.07) is 23.7. The van der Waals surface area contributed by atoms with E-state index in [1.165, 1.54) is 5.56 Å². The molecule has 4 aromatic rings. The SMILES string of the molecule is O=C(c1ccc2nc[nH]c2c1)N1CCN(C(=O)c2ccccc2CCc2ccccc2)CC1. The Kier molecular flexibility index (Phi) is 5.89. The van der Waals surface area contributed by atoms with Crippen molar-refractivity contribution in [3.05, 3.63) is 101 Å². The summed E-state index contributed by atoms with van der Waals surface area (Å²) < 4.78 is 0. The number of benzene rings is 3. The van der Waals surface area contributed by atoms with E-state index in [1.54, 1.807) is 6.33 Å². The topological polar surface area (TPSA) is 69.3 Å². The molecule has 0 aliphatic carbocycles. The van der Waals surface area contributed by atoms with Crippen molar-refractivity contribution in [2.24, 2.45) is 0 Å². The van der Waals surface area contributed by atoms with Gasteiger partial charge in [-0.15, -0.1) is 0 Å². The van der Waals surface area contributed by atoms with E-state index >= 15 is 0 Å². The van der Waals surface area contributed by atoms with Gasteiger partial charge in [0.2, 0.25) is 0 Å². The molecule has 0 bridgehead atoms. The molecule has 166 valence electrons. The molecule has 2 amide bonds. The van der Waals surface area contributed by atoms with Crippen molar-refractivity contribution >= 4 is 22.8 Å². The van der Waals surface area contributed by atoms with Gasteiger partial charge in [0.15, 0.2) is 0 Å². The summed E-state index contributed by atoms with van der Waals surface area (Å²) in [6.45, 7) is 2.11. The molecular weight excluding hydrogens is 412 g/mol. The van der Waals surface area contributed by atoms with Gasteiger partial charge in [-0.3, -0.25) is 9.59 Å². The molecule has 33 heavy (non-hydrogen) atoms. The molecule has 1 aromatic heterocycles. The predicted molar refractivity (Wildman–Crippen MR) is 128 cm³/mol. The number of amides is 2. The minimum Gasteiger partial charge on any atom is -0.345 e. The van der Waals surface area contributed by atoms with Crippen molar-refractivity contribution in [2.75, 3.05) is 26.2 Å². The molecular formula is C27H26N4O2. The van der Waals surface area contributed by atoms with Crippen molar-refractivity contribution in [1.82, 2.24) is 19.8 Å². The number of carbonyl (C=O) groups excluding carboxylic acids is 2. The van der Waals surface area contributed by atoms with Gasteiger partial charge in [-0.05, 0) is 48.2 Å². The first kappa shape index (κ1) is 20.9. The number of hydrogen-bond donors (Lipinski definition) is 1. The fraction of sp³-hybridized carbons (Fsp3) is 0.222. The number of aromatic nitrogens is 2. The highest BCUT2D eigenvalue weighted by molar-refractivity contribution is 5.98. The molecule has 0 unspecified atom stereocenters. The fourth-order valence-electron chi connectivity index (χ4n) is 4.40. The smallest absolute Gasteiger partial charge is 0.254 e. The van der Waals surface area contributed by atoms with Gasteiger partial charge in [-0.1, -0.05) is 48.5 Å². The summed E-state index contributed by atoms with van der Waals surface area (Å²) in [5, 5.41) is 0. The lowest BCUT2D eigenvalue weighted by Gasteiger charge is -2.35. The standard InChI is InChI=1S/C27H26N4O2/c32-26(22-12-13-24-25(18-22)29-19-28-24)30-14-16-31(17-15-30)27(33)23-9-5-4-8-21(23)11-10-20-6-2-1-3-7-20/h1-9,12-13,18-19H,10-11,14-17H2,(H,28,29). The van der Waals surface area contributed by atoms with Gasteiger partial charge < -0.3 is 14.8 Å². The number of aryl methyl sites for hydroxylation is 2. The predicted octanol–water partition coefficient (Wildman–Crippen LogP) is 3.95. The number of carbonyl (C=O) groups is 2. The van der Waals surface area contributed by atoms with Crippen molar-refractivity contribution in [3.63, 3.8) is 0 Å². The van der Waals surface area contributed by atoms with E-state index in [4.69, 9.17) is 0 Å². The van der Waals surface area contributed by atoms with Gasteiger partial charge in [-0.25, -0.2) is 4.98 Å². The Hall–Kier alpha value is -3.93. The number of fused-ring (bicyclic) bond motifs is 1. The van der Waals surface area contributed by atoms with Crippen LogP contribution in [0.25, 0.3) is 11.0 Å². The molecule has 0 saturated carbocycles. The van der Waals surface area contributed by atoms with E-state index in [1.807, 2.05) is 70.5 Å². The number of rotatable bonds is 5. The van der Waals surface area contributed by atoms with Crippen LogP contribution in [0.3, 0.4) is 0 Å². The molecule has 2 heterocycles. The summed E-state index contributed by atoms with van der Waals surface area (Å²) in [4.78, 5) is 37.2. The van der Waals surface area contributed by atoms with Crippen LogP contribution in [0.5, 0.6) is 0 Å². The molecule has 6 nitrogen and oxygen atoms in total. The zero-order chi connectivity index (χ0) is 22.6. The van der Waals surface area contributed by atoms with Crippen LogP contribution in [0.4, 0.5) is 0 Å². The number of aromatic amines is 1. The number of hydrogen-bond acceptors (Lipinski definition) is 3. The number of imidazole rings is 1. The Labute approximate surface area is 192 Å². The zero-order valence-corrected chi connectivity index (χ0v) is 18.4. The summed E-state index contributed by atoms with van der Waals surface area (Å²) in [6.07, 6.45) is 3.34. The van der Waals surface area contributed by atoms with Crippen molar-refractivity contribution < 1.29 is 9.59 Å². The van der Waals surface area contributed by atoms with Gasteiger partial charge in [0.25, 0.3) is 11.8 Å². The monoisotopic (exact) mass is 438 g/mol. The third-order valence-electron chi connectivity index (χ3n) is 6.29. The van der Waals surface area contributed by atoms with Crippen LogP contribution in [0, 0.1) is 0 Å². The average Bonchev–Trinajstić information content (AvgIpc) is 3.35. The molecule has 3 aromatic carbocycles. The molecule has 1 fully saturated rings. The van der Waals surface area contributed by atoms with Gasteiger partial charge >= 0.3 is 0 Å². The molecule has 0 radical (unpaired) electrons. The Balaban J connectivity index is 1.23. The lowest BCUT2D eigenvalue weighted by molar-refractivity contribution is 0.0535. The molecule has 1 aliphatic heterocycles. The van der Waals surface area contributed by atoms with Crippen LogP contribution in [0.2, 0.25) is 0 Å². The second-order valence-corrected chi connectivity index (χ2v) is 8.36. The van der Waals surface area contributed by atoms with E-state index in [9.17, 15) is 9.59 Å². The highest BCUT2D eigenvalue weighted by Crippen LogP contribution is 2.18. The second kappa shape index (κ2) is 9.28. The minimum atomic E-state index is -0.0122. The Morgan fingerprint density at radius 3 is 2.27 bits per heavy atom. The first-order valence-corrected chi connectivity index (χ1v) is 11.3. The normalized spacial score (nSPS) is 13.9. The maximum absolute atomic E-state index is 13.3. The molecule has 1 N–H and O–H groups in total. The number of nitrogens with zero attached hydrogens (tertiary/aromatic N) is 3. The molecule has 1 saturated heterocycles. The van der Waals surface area contributed by atoms with E-state index in [2.05, 4.69) is 22.1 Å². The Bertz CT molecular complexity index is 1270. The van der Waals surface area contributed by atoms with Gasteiger partial charge in [0, 0.05) is 37.3 Å². The molecule has 5 rings (SSSR count). The largest absolute Gasteiger partial charge is 0.345 e. The van der Waals surface area contributed by atoms with Crippen LogP contribution in [-0.4, -0.2) is 57.8 Å². The van der Waals surface area contributed by atoms with Crippen LogP contribution < -0.4 is 0 Å². The van der Waals surface area contributed by atoms with E-state index in [-0.39, 0.29) is 11.8 Å². The number of nitrogens with one attached hydrogen (secondary N) is 1. The van der Waals surface area contributed by atoms with Crippen LogP contribution in [0.1, 0.15) is 31.8 Å². The van der Waals surface area contributed by atoms with Gasteiger partial charge in [0.05, 0.1) is 17.4 Å². The summed E-state index contributed by atoms with van der Waals surface area (Å²) >= 11 is 0. The summed E-state index contributed by atoms with van der Waals surface area (Å²) in [5.41, 5.74) is 5.42. The fourth-order valence-corrected chi connectivity index (χ4v) is 4.40. The molecule has 0 spiro atoms. The number of H-pyrrole nitrogens is 1. The van der Waals surface area contributed by atoms with Gasteiger partial charge in [-0.2, -0.15) is 0 Å². The Morgan fingerprint density at radius 1 is 0.788 bits per heavy atom. The third-order valence-corrected chi connectivity index (χ3v) is 6.29. The molecule has 1 aliphatic rings. The molecule has 6 heteroatoms. The molecule has 0 atom stereocenters. The highest BCUT2D eigenvalue weighted by atomic mass is 16.2. The van der Waals surface area contributed by atoms with Crippen LogP contribution >= 0.6 is 0 Å². The van der Waals surface area contributed by atoms with Crippen LogP contribution in [-0.2, 0) is 12.8 Å². The zero-order valence-electron chi connectivity index (χ0n) is 18.4. The first-order valence-electron chi connectivity index (χ1n) is 11.3. The van der Waals surface area contributed by atoms with E-state index in [0.29, 0.717) is 31.7 Å². The van der Waals surface area contributed by atoms with Crippen molar-refractivity contribution in [3.8, 4) is 0 Å². The van der Waals surface area contributed by atoms with Crippen LogP contribution in [0.15, 0.2) is 79.1 Å². The highest BCUT2D eigenvalue weighted by Gasteiger charge is 2.26. The quantitative estimate of drug-likeness (QED) is 0.513. The maximum atomic E-state index is 13.3. The van der Waals surface area contributed by atoms with E-state index < -0.39 is 0 Å². The Morgan fingerprint density at radius 2 is 1.48 bits per heavy atom. The lowest BCUT2D eigenvalue weighted by Crippen LogP contribution is -2.50. The summed E-state index contributed by atoms with van der Waals surface area (Å²) in [7, 11) is 0. The third kappa shape index (κ3) is 4.51. The van der Waals surface area contributed by atoms with E-state index in [0.717, 1.165) is 35.0 Å². The first-order chi connectivity index (χ1) is 16.2. The summed E-state index contributed by atoms with van der Waals surface area (Å²) in [5.74, 6) is 0.0338.